The minimum Gasteiger partial charge on any atom is -0.332 e. The van der Waals surface area contributed by atoms with E-state index >= 15 is 0 Å². The number of ketones is 1. The lowest BCUT2D eigenvalue weighted by Crippen LogP contribution is -2.39. The minimum absolute atomic E-state index is 0.0500. The maximum Gasteiger partial charge on any atom is 0.220 e. The Labute approximate surface area is 84.5 Å². The van der Waals surface area contributed by atoms with Crippen molar-refractivity contribution in [3.05, 3.63) is 0 Å². The van der Waals surface area contributed by atoms with Crippen molar-refractivity contribution >= 4 is 11.7 Å². The molecule has 1 aliphatic carbocycles. The summed E-state index contributed by atoms with van der Waals surface area (Å²) >= 11 is 0. The Balaban J connectivity index is 2.15. The van der Waals surface area contributed by atoms with Crippen molar-refractivity contribution < 1.29 is 9.59 Å². The normalized spacial score (nSPS) is 29.0. The van der Waals surface area contributed by atoms with Crippen molar-refractivity contribution in [3.8, 4) is 0 Å². The summed E-state index contributed by atoms with van der Waals surface area (Å²) in [5.74, 6) is 0.193. The first kappa shape index (κ1) is 9.69. The van der Waals surface area contributed by atoms with Crippen molar-refractivity contribution in [2.24, 2.45) is 5.41 Å². The van der Waals surface area contributed by atoms with Crippen LogP contribution in [0.4, 0.5) is 0 Å². The Bertz CT molecular complexity index is 257. The van der Waals surface area contributed by atoms with Crippen LogP contribution in [0.1, 0.15) is 39.5 Å². The van der Waals surface area contributed by atoms with Gasteiger partial charge in [0.2, 0.25) is 5.91 Å². The zero-order chi connectivity index (χ0) is 10.3. The largest absolute Gasteiger partial charge is 0.332 e. The number of amides is 1. The number of carbonyl (C=O) groups excluding carboxylic acids is 2. The summed E-state index contributed by atoms with van der Waals surface area (Å²) < 4.78 is 0. The number of nitrogens with zero attached hydrogens (tertiary/aromatic N) is 1. The van der Waals surface area contributed by atoms with Crippen LogP contribution in [0.25, 0.3) is 0 Å². The van der Waals surface area contributed by atoms with Crippen LogP contribution < -0.4 is 0 Å². The summed E-state index contributed by atoms with van der Waals surface area (Å²) in [5, 5.41) is 0. The highest BCUT2D eigenvalue weighted by atomic mass is 16.2. The van der Waals surface area contributed by atoms with E-state index in [0.29, 0.717) is 5.41 Å². The number of carbonyl (C=O) groups is 2. The second kappa shape index (κ2) is 3.07. The van der Waals surface area contributed by atoms with E-state index in [4.69, 9.17) is 0 Å². The van der Waals surface area contributed by atoms with Gasteiger partial charge in [-0.15, -0.1) is 0 Å². The van der Waals surface area contributed by atoms with Crippen molar-refractivity contribution in [1.29, 1.82) is 0 Å². The third-order valence-electron chi connectivity index (χ3n) is 3.80. The molecule has 1 spiro atoms. The Hall–Kier alpha value is -0.860. The van der Waals surface area contributed by atoms with Gasteiger partial charge in [-0.05, 0) is 31.6 Å². The third-order valence-corrected chi connectivity index (χ3v) is 3.80. The number of likely N-dealkylation sites (tertiary alicyclic amines) is 1. The van der Waals surface area contributed by atoms with Crippen LogP contribution in [0.15, 0.2) is 0 Å². The van der Waals surface area contributed by atoms with Gasteiger partial charge in [0, 0.05) is 13.5 Å². The van der Waals surface area contributed by atoms with Crippen LogP contribution in [-0.4, -0.2) is 29.2 Å². The second-order valence-electron chi connectivity index (χ2n) is 4.83. The molecule has 0 aromatic rings. The van der Waals surface area contributed by atoms with Gasteiger partial charge in [0.25, 0.3) is 0 Å². The molecule has 0 bridgehead atoms. The molecule has 2 aliphatic rings. The highest BCUT2D eigenvalue weighted by Crippen LogP contribution is 2.50. The first-order chi connectivity index (χ1) is 6.54. The lowest BCUT2D eigenvalue weighted by Gasteiger charge is -2.37. The number of hydrogen-bond donors (Lipinski definition) is 0. The molecule has 0 N–H and O–H groups in total. The fourth-order valence-electron chi connectivity index (χ4n) is 2.79. The first-order valence-electron chi connectivity index (χ1n) is 5.32. The van der Waals surface area contributed by atoms with E-state index in [0.717, 1.165) is 13.0 Å². The predicted molar refractivity (Wildman–Crippen MR) is 52.8 cm³/mol. The molecule has 3 heteroatoms. The van der Waals surface area contributed by atoms with Crippen LogP contribution >= 0.6 is 0 Å². The molecule has 2 fully saturated rings. The smallest absolute Gasteiger partial charge is 0.220 e. The average molecular weight is 195 g/mol. The van der Waals surface area contributed by atoms with E-state index in [1.165, 1.54) is 19.3 Å². The molecule has 1 saturated carbocycles. The van der Waals surface area contributed by atoms with E-state index < -0.39 is 0 Å². The van der Waals surface area contributed by atoms with Crippen molar-refractivity contribution in [2.75, 3.05) is 6.54 Å². The molecule has 2 rings (SSSR count). The summed E-state index contributed by atoms with van der Waals surface area (Å²) in [6.07, 6.45) is 4.55. The van der Waals surface area contributed by atoms with Gasteiger partial charge < -0.3 is 4.90 Å². The van der Waals surface area contributed by atoms with Crippen LogP contribution in [0, 0.1) is 5.41 Å². The second-order valence-corrected chi connectivity index (χ2v) is 4.83. The van der Waals surface area contributed by atoms with Crippen molar-refractivity contribution in [2.45, 2.75) is 45.6 Å². The molecule has 0 unspecified atom stereocenters. The van der Waals surface area contributed by atoms with E-state index in [2.05, 4.69) is 0 Å². The molecular formula is C11H17NO2. The SMILES string of the molecule is CC(=O)[C@@H]1CC2(CCC2)CN1C(C)=O. The molecule has 0 aromatic heterocycles. The molecule has 1 aliphatic heterocycles. The van der Waals surface area contributed by atoms with Gasteiger partial charge in [0.1, 0.15) is 0 Å². The lowest BCUT2D eigenvalue weighted by molar-refractivity contribution is -0.135. The minimum atomic E-state index is -0.132. The third kappa shape index (κ3) is 1.35. The summed E-state index contributed by atoms with van der Waals surface area (Å²) in [5.41, 5.74) is 0.308. The van der Waals surface area contributed by atoms with E-state index in [9.17, 15) is 9.59 Å². The van der Waals surface area contributed by atoms with Gasteiger partial charge in [-0.25, -0.2) is 0 Å². The van der Waals surface area contributed by atoms with Gasteiger partial charge in [-0.2, -0.15) is 0 Å². The molecule has 1 atom stereocenters. The maximum atomic E-state index is 11.4. The highest BCUT2D eigenvalue weighted by Gasteiger charge is 2.49. The summed E-state index contributed by atoms with van der Waals surface area (Å²) in [7, 11) is 0. The Morgan fingerprint density at radius 3 is 2.21 bits per heavy atom. The molecule has 3 nitrogen and oxygen atoms in total. The summed E-state index contributed by atoms with van der Waals surface area (Å²) in [6.45, 7) is 3.97. The molecule has 14 heavy (non-hydrogen) atoms. The monoisotopic (exact) mass is 195 g/mol. The zero-order valence-corrected chi connectivity index (χ0v) is 8.88. The molecule has 0 radical (unpaired) electrons. The Kier molecular flexibility index (Phi) is 2.13. The van der Waals surface area contributed by atoms with Gasteiger partial charge in [-0.1, -0.05) is 6.42 Å². The predicted octanol–water partition coefficient (Wildman–Crippen LogP) is 1.37. The summed E-state index contributed by atoms with van der Waals surface area (Å²) in [6, 6.07) is -0.132. The highest BCUT2D eigenvalue weighted by molar-refractivity contribution is 5.87. The van der Waals surface area contributed by atoms with Crippen molar-refractivity contribution in [3.63, 3.8) is 0 Å². The molecule has 1 saturated heterocycles. The van der Waals surface area contributed by atoms with Gasteiger partial charge in [-0.3, -0.25) is 9.59 Å². The quantitative estimate of drug-likeness (QED) is 0.633. The topological polar surface area (TPSA) is 37.4 Å². The van der Waals surface area contributed by atoms with Crippen LogP contribution in [0.3, 0.4) is 0 Å². The Morgan fingerprint density at radius 2 is 1.93 bits per heavy atom. The van der Waals surface area contributed by atoms with E-state index in [-0.39, 0.29) is 17.7 Å². The number of rotatable bonds is 1. The molecule has 78 valence electrons. The zero-order valence-electron chi connectivity index (χ0n) is 8.88. The van der Waals surface area contributed by atoms with E-state index in [1.807, 2.05) is 0 Å². The van der Waals surface area contributed by atoms with Gasteiger partial charge >= 0.3 is 0 Å². The fraction of sp³-hybridized carbons (Fsp3) is 0.818. The standard InChI is InChI=1S/C11H17NO2/c1-8(13)10-6-11(4-3-5-11)7-12(10)9(2)14/h10H,3-7H2,1-2H3/t10-/m0/s1. The lowest BCUT2D eigenvalue weighted by atomic mass is 9.67. The molecule has 1 heterocycles. The first-order valence-corrected chi connectivity index (χ1v) is 5.32. The Morgan fingerprint density at radius 1 is 1.29 bits per heavy atom. The number of Topliss-reactive ketones (excluding diaryl/α,β-unsaturated/α-hetero) is 1. The van der Waals surface area contributed by atoms with Crippen molar-refractivity contribution in [1.82, 2.24) is 4.90 Å². The van der Waals surface area contributed by atoms with Crippen LogP contribution in [-0.2, 0) is 9.59 Å². The van der Waals surface area contributed by atoms with Crippen LogP contribution in [0.2, 0.25) is 0 Å². The van der Waals surface area contributed by atoms with Gasteiger partial charge in [0.15, 0.2) is 5.78 Å². The molecular weight excluding hydrogens is 178 g/mol. The fourth-order valence-corrected chi connectivity index (χ4v) is 2.79. The molecule has 0 aromatic carbocycles. The van der Waals surface area contributed by atoms with Crippen LogP contribution in [0.5, 0.6) is 0 Å². The average Bonchev–Trinajstić information content (AvgIpc) is 2.42. The maximum absolute atomic E-state index is 11.4. The van der Waals surface area contributed by atoms with E-state index in [1.54, 1.807) is 18.7 Å². The number of hydrogen-bond acceptors (Lipinski definition) is 2. The van der Waals surface area contributed by atoms with Gasteiger partial charge in [0.05, 0.1) is 6.04 Å². The summed E-state index contributed by atoms with van der Waals surface area (Å²) in [4.78, 5) is 24.5. The molecule has 1 amide bonds.